The molecule has 1 heterocycles. The fourth-order valence-electron chi connectivity index (χ4n) is 3.84. The lowest BCUT2D eigenvalue weighted by Crippen LogP contribution is -2.53. The first kappa shape index (κ1) is 26.8. The Morgan fingerprint density at radius 2 is 1.64 bits per heavy atom. The molecule has 3 atom stereocenters. The van der Waals surface area contributed by atoms with E-state index >= 15 is 0 Å². The van der Waals surface area contributed by atoms with E-state index in [1.807, 2.05) is 86.0 Å². The summed E-state index contributed by atoms with van der Waals surface area (Å²) in [5.74, 6) is -0.845. The maximum Gasteiger partial charge on any atom is 0.244 e. The minimum atomic E-state index is -0.868. The number of nitrogens with two attached hydrogens (primary N) is 1. The number of hydrogen-bond acceptors (Lipinski definition) is 5. The van der Waals surface area contributed by atoms with Crippen LogP contribution in [0.1, 0.15) is 38.1 Å². The Morgan fingerprint density at radius 3 is 2.36 bits per heavy atom. The summed E-state index contributed by atoms with van der Waals surface area (Å²) in [5, 5.41) is 13.4. The fourth-order valence-corrected chi connectivity index (χ4v) is 4.82. The number of carbonyl (C=O) groups excluding carboxylic acids is 3. The first-order valence-corrected chi connectivity index (χ1v) is 12.8. The number of rotatable bonds is 9. The number of fused-ring (bicyclic) bond motifs is 2. The van der Waals surface area contributed by atoms with Crippen LogP contribution in [0.15, 0.2) is 72.1 Å². The predicted octanol–water partition coefficient (Wildman–Crippen LogP) is 4.02. The van der Waals surface area contributed by atoms with E-state index in [-0.39, 0.29) is 0 Å². The van der Waals surface area contributed by atoms with Crippen molar-refractivity contribution >= 4 is 50.4 Å². The highest BCUT2D eigenvalue weighted by Gasteiger charge is 2.26. The molecule has 4 rings (SSSR count). The maximum absolute atomic E-state index is 13.4. The molecule has 0 spiro atoms. The average molecular weight is 505 g/mol. The Labute approximate surface area is 215 Å². The molecule has 4 aromatic rings. The van der Waals surface area contributed by atoms with E-state index in [1.165, 1.54) is 0 Å². The van der Waals surface area contributed by atoms with Crippen LogP contribution in [0.25, 0.3) is 20.9 Å². The molecule has 7 nitrogen and oxygen atoms in total. The van der Waals surface area contributed by atoms with Gasteiger partial charge >= 0.3 is 0 Å². The molecule has 36 heavy (non-hydrogen) atoms. The zero-order valence-electron chi connectivity index (χ0n) is 20.7. The van der Waals surface area contributed by atoms with Gasteiger partial charge in [0.2, 0.25) is 18.2 Å². The summed E-state index contributed by atoms with van der Waals surface area (Å²) in [6.07, 6.45) is 0.0746. The highest BCUT2D eigenvalue weighted by atomic mass is 32.1. The molecule has 3 amide bonds. The molecule has 0 aliphatic rings. The van der Waals surface area contributed by atoms with E-state index in [0.29, 0.717) is 12.8 Å². The van der Waals surface area contributed by atoms with Crippen molar-refractivity contribution in [2.75, 3.05) is 0 Å². The van der Waals surface area contributed by atoms with Crippen molar-refractivity contribution in [3.05, 3.63) is 83.2 Å². The molecule has 5 N–H and O–H groups in total. The van der Waals surface area contributed by atoms with E-state index < -0.39 is 30.1 Å². The topological polar surface area (TPSA) is 113 Å². The molecular weight excluding hydrogens is 472 g/mol. The summed E-state index contributed by atoms with van der Waals surface area (Å²) in [5.41, 5.74) is 7.42. The summed E-state index contributed by atoms with van der Waals surface area (Å²) >= 11 is 1.59. The molecule has 0 radical (unpaired) electrons. The molecule has 0 aliphatic heterocycles. The molecule has 188 valence electrons. The summed E-state index contributed by atoms with van der Waals surface area (Å²) in [6, 6.07) is 19.8. The Hall–Kier alpha value is -3.75. The van der Waals surface area contributed by atoms with Crippen LogP contribution in [-0.4, -0.2) is 30.3 Å². The number of nitrogens with one attached hydrogen (secondary N) is 3. The lowest BCUT2D eigenvalue weighted by Gasteiger charge is -2.24. The number of amides is 3. The number of thiophene rings is 1. The summed E-state index contributed by atoms with van der Waals surface area (Å²) in [7, 11) is 0. The second-order valence-corrected chi connectivity index (χ2v) is 9.06. The van der Waals surface area contributed by atoms with Crippen LogP contribution < -0.4 is 21.7 Å². The molecule has 0 aliphatic carbocycles. The Morgan fingerprint density at radius 1 is 0.944 bits per heavy atom. The molecule has 0 bridgehead atoms. The summed E-state index contributed by atoms with van der Waals surface area (Å²) < 4.78 is 1.10. The molecule has 0 fully saturated rings. The van der Waals surface area contributed by atoms with Gasteiger partial charge in [-0.3, -0.25) is 14.4 Å². The van der Waals surface area contributed by atoms with Crippen LogP contribution in [0, 0.1) is 0 Å². The van der Waals surface area contributed by atoms with Crippen LogP contribution in [0.4, 0.5) is 0 Å². The van der Waals surface area contributed by atoms with Gasteiger partial charge in [0.25, 0.3) is 0 Å². The van der Waals surface area contributed by atoms with Crippen molar-refractivity contribution in [3.63, 3.8) is 0 Å². The summed E-state index contributed by atoms with van der Waals surface area (Å²) in [4.78, 5) is 37.1. The number of carbonyl (C=O) groups is 3. The van der Waals surface area contributed by atoms with Crippen LogP contribution in [0.2, 0.25) is 0 Å². The highest BCUT2D eigenvalue weighted by Crippen LogP contribution is 2.27. The molecule has 3 aromatic carbocycles. The zero-order valence-corrected chi connectivity index (χ0v) is 21.5. The standard InChI is InChI=1S/C26H26N4O3S.C2H6/c1-16(27)25(32)29-22(13-20-14-34-23-9-5-4-8-21(20)23)26(33)30-24(28-15-31)19-11-10-17-6-2-3-7-18(17)12-19;1-2/h2-12,14-16,22,24H,13,27H2,1H3,(H,28,31)(H,29,32)(H,30,33);1-2H3. The smallest absolute Gasteiger partial charge is 0.244 e. The second kappa shape index (κ2) is 12.8. The van der Waals surface area contributed by atoms with Gasteiger partial charge in [0.1, 0.15) is 12.2 Å². The number of hydrogen-bond donors (Lipinski definition) is 4. The maximum atomic E-state index is 13.4. The molecule has 0 saturated carbocycles. The third kappa shape index (κ3) is 6.47. The lowest BCUT2D eigenvalue weighted by molar-refractivity contribution is -0.130. The Kier molecular flexibility index (Phi) is 9.55. The monoisotopic (exact) mass is 504 g/mol. The van der Waals surface area contributed by atoms with Gasteiger partial charge in [-0.2, -0.15) is 0 Å². The van der Waals surface area contributed by atoms with E-state index in [9.17, 15) is 14.4 Å². The highest BCUT2D eigenvalue weighted by molar-refractivity contribution is 7.17. The normalized spacial score (nSPS) is 13.1. The van der Waals surface area contributed by atoms with Gasteiger partial charge in [-0.05, 0) is 51.7 Å². The van der Waals surface area contributed by atoms with Crippen LogP contribution in [0.5, 0.6) is 0 Å². The number of benzene rings is 3. The van der Waals surface area contributed by atoms with E-state index in [1.54, 1.807) is 18.3 Å². The fraction of sp³-hybridized carbons (Fsp3) is 0.250. The van der Waals surface area contributed by atoms with Gasteiger partial charge in [0, 0.05) is 11.1 Å². The second-order valence-electron chi connectivity index (χ2n) is 8.14. The van der Waals surface area contributed by atoms with E-state index in [2.05, 4.69) is 16.0 Å². The van der Waals surface area contributed by atoms with Gasteiger partial charge in [-0.1, -0.05) is 68.4 Å². The third-order valence-electron chi connectivity index (χ3n) is 5.66. The SMILES string of the molecule is CC.CC(N)C(=O)NC(Cc1csc2ccccc12)C(=O)NC(NC=O)c1ccc2ccccc2c1. The van der Waals surface area contributed by atoms with Crippen molar-refractivity contribution < 1.29 is 14.4 Å². The molecule has 1 aromatic heterocycles. The minimum absolute atomic E-state index is 0.292. The van der Waals surface area contributed by atoms with Gasteiger partial charge in [0.05, 0.1) is 6.04 Å². The Balaban J connectivity index is 0.00000176. The van der Waals surface area contributed by atoms with Gasteiger partial charge in [0.15, 0.2) is 0 Å². The molecule has 0 saturated heterocycles. The largest absolute Gasteiger partial charge is 0.343 e. The molecule has 3 unspecified atom stereocenters. The van der Waals surface area contributed by atoms with Crippen molar-refractivity contribution in [1.82, 2.24) is 16.0 Å². The third-order valence-corrected chi connectivity index (χ3v) is 6.67. The van der Waals surface area contributed by atoms with E-state index in [0.717, 1.165) is 32.0 Å². The van der Waals surface area contributed by atoms with Crippen LogP contribution >= 0.6 is 11.3 Å². The zero-order chi connectivity index (χ0) is 26.1. The first-order valence-electron chi connectivity index (χ1n) is 12.0. The quantitative estimate of drug-likeness (QED) is 0.204. The minimum Gasteiger partial charge on any atom is -0.343 e. The van der Waals surface area contributed by atoms with Gasteiger partial charge in [-0.25, -0.2) is 0 Å². The van der Waals surface area contributed by atoms with Crippen LogP contribution in [0.3, 0.4) is 0 Å². The van der Waals surface area contributed by atoms with Crippen molar-refractivity contribution in [3.8, 4) is 0 Å². The lowest BCUT2D eigenvalue weighted by atomic mass is 10.0. The Bertz CT molecular complexity index is 1330. The van der Waals surface area contributed by atoms with Crippen molar-refractivity contribution in [1.29, 1.82) is 0 Å². The van der Waals surface area contributed by atoms with Crippen molar-refractivity contribution in [2.24, 2.45) is 5.73 Å². The van der Waals surface area contributed by atoms with Crippen LogP contribution in [-0.2, 0) is 20.8 Å². The molecular formula is C28H32N4O3S. The van der Waals surface area contributed by atoms with Gasteiger partial charge < -0.3 is 21.7 Å². The van der Waals surface area contributed by atoms with Crippen molar-refractivity contribution in [2.45, 2.75) is 45.4 Å². The predicted molar refractivity (Wildman–Crippen MR) is 146 cm³/mol. The average Bonchev–Trinajstić information content (AvgIpc) is 3.31. The van der Waals surface area contributed by atoms with E-state index in [4.69, 9.17) is 5.73 Å². The summed E-state index contributed by atoms with van der Waals surface area (Å²) in [6.45, 7) is 5.57. The molecule has 8 heteroatoms. The van der Waals surface area contributed by atoms with Gasteiger partial charge in [-0.15, -0.1) is 11.3 Å². The first-order chi connectivity index (χ1) is 17.5.